The molecular weight excluding hydrogens is 248 g/mol. The minimum Gasteiger partial charge on any atom is -0.495 e. The SMILES string of the molecule is CCCNC(CN(C)c1ccccc1OC)C(C)CC. The lowest BCUT2D eigenvalue weighted by Crippen LogP contribution is -2.44. The Bertz CT molecular complexity index is 381. The van der Waals surface area contributed by atoms with E-state index in [-0.39, 0.29) is 0 Å². The van der Waals surface area contributed by atoms with Gasteiger partial charge >= 0.3 is 0 Å². The van der Waals surface area contributed by atoms with Crippen LogP contribution in [0.3, 0.4) is 0 Å². The molecule has 0 amide bonds. The van der Waals surface area contributed by atoms with Gasteiger partial charge in [0, 0.05) is 19.6 Å². The highest BCUT2D eigenvalue weighted by Gasteiger charge is 2.18. The highest BCUT2D eigenvalue weighted by atomic mass is 16.5. The van der Waals surface area contributed by atoms with E-state index in [2.05, 4.69) is 50.2 Å². The molecule has 1 rings (SSSR count). The van der Waals surface area contributed by atoms with Gasteiger partial charge in [0.15, 0.2) is 0 Å². The summed E-state index contributed by atoms with van der Waals surface area (Å²) < 4.78 is 5.45. The second-order valence-corrected chi connectivity index (χ2v) is 5.50. The van der Waals surface area contributed by atoms with Crippen molar-refractivity contribution in [3.05, 3.63) is 24.3 Å². The average Bonchev–Trinajstić information content (AvgIpc) is 2.50. The molecule has 3 nitrogen and oxygen atoms in total. The van der Waals surface area contributed by atoms with Gasteiger partial charge in [-0.25, -0.2) is 0 Å². The molecule has 1 aromatic rings. The first kappa shape index (κ1) is 16.8. The molecule has 0 aliphatic rings. The lowest BCUT2D eigenvalue weighted by atomic mass is 9.98. The van der Waals surface area contributed by atoms with Crippen LogP contribution in [0.5, 0.6) is 5.75 Å². The second kappa shape index (κ2) is 8.85. The van der Waals surface area contributed by atoms with Gasteiger partial charge in [0.2, 0.25) is 0 Å². The number of likely N-dealkylation sites (N-methyl/N-ethyl adjacent to an activating group) is 1. The fraction of sp³-hybridized carbons (Fsp3) is 0.647. The van der Waals surface area contributed by atoms with Crippen molar-refractivity contribution in [1.29, 1.82) is 0 Å². The number of hydrogen-bond acceptors (Lipinski definition) is 3. The normalized spacial score (nSPS) is 13.8. The standard InChI is InChI=1S/C17H30N2O/c1-6-12-18-15(14(3)7-2)13-19(4)16-10-8-9-11-17(16)20-5/h8-11,14-15,18H,6-7,12-13H2,1-5H3. The lowest BCUT2D eigenvalue weighted by molar-refractivity contribution is 0.367. The minimum absolute atomic E-state index is 0.509. The molecule has 0 saturated heterocycles. The van der Waals surface area contributed by atoms with E-state index in [1.807, 2.05) is 12.1 Å². The Balaban J connectivity index is 2.76. The summed E-state index contributed by atoms with van der Waals surface area (Å²) in [6.45, 7) is 8.87. The van der Waals surface area contributed by atoms with Gasteiger partial charge in [-0.1, -0.05) is 39.3 Å². The summed E-state index contributed by atoms with van der Waals surface area (Å²) in [5, 5.41) is 3.68. The number of nitrogens with zero attached hydrogens (tertiary/aromatic N) is 1. The Labute approximate surface area is 124 Å². The smallest absolute Gasteiger partial charge is 0.142 e. The largest absolute Gasteiger partial charge is 0.495 e. The molecule has 0 fully saturated rings. The molecule has 1 aromatic carbocycles. The van der Waals surface area contributed by atoms with Gasteiger partial charge in [-0.2, -0.15) is 0 Å². The van der Waals surface area contributed by atoms with Gasteiger partial charge in [-0.15, -0.1) is 0 Å². The van der Waals surface area contributed by atoms with Gasteiger partial charge in [0.05, 0.1) is 12.8 Å². The van der Waals surface area contributed by atoms with Crippen LogP contribution in [0, 0.1) is 5.92 Å². The number of rotatable bonds is 9. The van der Waals surface area contributed by atoms with Crippen molar-refractivity contribution < 1.29 is 4.74 Å². The fourth-order valence-electron chi connectivity index (χ4n) is 2.40. The molecule has 0 saturated carbocycles. The Morgan fingerprint density at radius 2 is 1.95 bits per heavy atom. The average molecular weight is 278 g/mol. The van der Waals surface area contributed by atoms with Crippen LogP contribution in [-0.4, -0.2) is 33.3 Å². The lowest BCUT2D eigenvalue weighted by Gasteiger charge is -2.31. The topological polar surface area (TPSA) is 24.5 Å². The van der Waals surface area contributed by atoms with Crippen LogP contribution in [0.1, 0.15) is 33.6 Å². The molecule has 0 bridgehead atoms. The van der Waals surface area contributed by atoms with Gasteiger partial charge in [-0.3, -0.25) is 0 Å². The molecule has 0 heterocycles. The van der Waals surface area contributed by atoms with E-state index in [4.69, 9.17) is 4.74 Å². The van der Waals surface area contributed by atoms with Crippen molar-refractivity contribution in [2.75, 3.05) is 32.1 Å². The van der Waals surface area contributed by atoms with Crippen molar-refractivity contribution in [3.63, 3.8) is 0 Å². The molecule has 0 aliphatic heterocycles. The molecule has 1 N–H and O–H groups in total. The maximum atomic E-state index is 5.45. The van der Waals surface area contributed by atoms with Crippen molar-refractivity contribution >= 4 is 5.69 Å². The summed E-state index contributed by atoms with van der Waals surface area (Å²) >= 11 is 0. The van der Waals surface area contributed by atoms with Gasteiger partial charge in [0.25, 0.3) is 0 Å². The van der Waals surface area contributed by atoms with Crippen LogP contribution in [0.15, 0.2) is 24.3 Å². The van der Waals surface area contributed by atoms with E-state index < -0.39 is 0 Å². The monoisotopic (exact) mass is 278 g/mol. The quantitative estimate of drug-likeness (QED) is 0.747. The van der Waals surface area contributed by atoms with Crippen LogP contribution in [-0.2, 0) is 0 Å². The summed E-state index contributed by atoms with van der Waals surface area (Å²) in [4.78, 5) is 2.29. The molecule has 0 aromatic heterocycles. The highest BCUT2D eigenvalue weighted by Crippen LogP contribution is 2.27. The van der Waals surface area contributed by atoms with E-state index >= 15 is 0 Å². The first-order valence-corrected chi connectivity index (χ1v) is 7.71. The summed E-state index contributed by atoms with van der Waals surface area (Å²) in [5.74, 6) is 1.60. The third-order valence-corrected chi connectivity index (χ3v) is 3.95. The van der Waals surface area contributed by atoms with E-state index in [0.29, 0.717) is 12.0 Å². The maximum absolute atomic E-state index is 5.45. The van der Waals surface area contributed by atoms with E-state index in [1.54, 1.807) is 7.11 Å². The highest BCUT2D eigenvalue weighted by molar-refractivity contribution is 5.57. The maximum Gasteiger partial charge on any atom is 0.142 e. The van der Waals surface area contributed by atoms with Crippen molar-refractivity contribution in [3.8, 4) is 5.75 Å². The number of methoxy groups -OCH3 is 1. The first-order valence-electron chi connectivity index (χ1n) is 7.71. The molecule has 2 atom stereocenters. The number of ether oxygens (including phenoxy) is 1. The molecular formula is C17H30N2O. The van der Waals surface area contributed by atoms with Crippen molar-refractivity contribution in [2.24, 2.45) is 5.92 Å². The van der Waals surface area contributed by atoms with Crippen LogP contribution in [0.2, 0.25) is 0 Å². The number of para-hydroxylation sites is 2. The third kappa shape index (κ3) is 4.71. The molecule has 2 unspecified atom stereocenters. The Kier molecular flexibility index (Phi) is 7.45. The summed E-state index contributed by atoms with van der Waals surface area (Å²) in [6, 6.07) is 8.72. The molecule has 20 heavy (non-hydrogen) atoms. The predicted octanol–water partition coefficient (Wildman–Crippen LogP) is 3.55. The number of anilines is 1. The zero-order valence-corrected chi connectivity index (χ0v) is 13.6. The molecule has 0 radical (unpaired) electrons. The molecule has 3 heteroatoms. The number of benzene rings is 1. The van der Waals surface area contributed by atoms with Crippen LogP contribution >= 0.6 is 0 Å². The predicted molar refractivity (Wildman–Crippen MR) is 87.8 cm³/mol. The van der Waals surface area contributed by atoms with Gasteiger partial charge in [0.1, 0.15) is 5.75 Å². The third-order valence-electron chi connectivity index (χ3n) is 3.95. The molecule has 0 aliphatic carbocycles. The van der Waals surface area contributed by atoms with Crippen molar-refractivity contribution in [2.45, 2.75) is 39.7 Å². The fourth-order valence-corrected chi connectivity index (χ4v) is 2.40. The van der Waals surface area contributed by atoms with Crippen LogP contribution < -0.4 is 15.0 Å². The Hall–Kier alpha value is -1.22. The summed E-state index contributed by atoms with van der Waals surface area (Å²) in [5.41, 5.74) is 1.15. The van der Waals surface area contributed by atoms with E-state index in [9.17, 15) is 0 Å². The van der Waals surface area contributed by atoms with E-state index in [0.717, 1.165) is 24.5 Å². The van der Waals surface area contributed by atoms with Crippen LogP contribution in [0.4, 0.5) is 5.69 Å². The molecule has 114 valence electrons. The zero-order valence-electron chi connectivity index (χ0n) is 13.6. The van der Waals surface area contributed by atoms with Gasteiger partial charge < -0.3 is 15.0 Å². The van der Waals surface area contributed by atoms with Crippen molar-refractivity contribution in [1.82, 2.24) is 5.32 Å². The van der Waals surface area contributed by atoms with Crippen LogP contribution in [0.25, 0.3) is 0 Å². The number of nitrogens with one attached hydrogen (secondary N) is 1. The Morgan fingerprint density at radius 1 is 1.25 bits per heavy atom. The summed E-state index contributed by atoms with van der Waals surface area (Å²) in [6.07, 6.45) is 2.37. The minimum atomic E-state index is 0.509. The number of hydrogen-bond donors (Lipinski definition) is 1. The second-order valence-electron chi connectivity index (χ2n) is 5.50. The zero-order chi connectivity index (χ0) is 15.0. The van der Waals surface area contributed by atoms with E-state index in [1.165, 1.54) is 12.8 Å². The summed E-state index contributed by atoms with van der Waals surface area (Å²) in [7, 11) is 3.87. The molecule has 0 spiro atoms. The van der Waals surface area contributed by atoms with Gasteiger partial charge in [-0.05, 0) is 31.0 Å². The Morgan fingerprint density at radius 3 is 2.55 bits per heavy atom. The first-order chi connectivity index (χ1) is 9.63.